The molecule has 1 aromatic rings. The van der Waals surface area contributed by atoms with Gasteiger partial charge >= 0.3 is 0 Å². The summed E-state index contributed by atoms with van der Waals surface area (Å²) in [5.74, 6) is 1.26. The molecule has 1 aliphatic heterocycles. The Hall–Kier alpha value is -1.07. The first kappa shape index (κ1) is 15.3. The van der Waals surface area contributed by atoms with Crippen molar-refractivity contribution in [2.24, 2.45) is 7.05 Å². The fourth-order valence-corrected chi connectivity index (χ4v) is 3.04. The van der Waals surface area contributed by atoms with Gasteiger partial charge < -0.3 is 15.0 Å². The molecule has 2 heterocycles. The maximum Gasteiger partial charge on any atom is 0.131 e. The number of ether oxygens (including phenoxy) is 1. The van der Waals surface area contributed by atoms with Gasteiger partial charge in [-0.1, -0.05) is 6.92 Å². The lowest BCUT2D eigenvalue weighted by Gasteiger charge is -2.34. The molecule has 5 heteroatoms. The third kappa shape index (κ3) is 3.33. The van der Waals surface area contributed by atoms with Gasteiger partial charge in [0.15, 0.2) is 0 Å². The Labute approximate surface area is 122 Å². The molecule has 1 aliphatic rings. The van der Waals surface area contributed by atoms with Gasteiger partial charge in [0.1, 0.15) is 5.82 Å². The fourth-order valence-electron chi connectivity index (χ4n) is 3.04. The molecule has 20 heavy (non-hydrogen) atoms. The summed E-state index contributed by atoms with van der Waals surface area (Å²) >= 11 is 0. The molecule has 0 aliphatic carbocycles. The van der Waals surface area contributed by atoms with Gasteiger partial charge in [0.2, 0.25) is 0 Å². The lowest BCUT2D eigenvalue weighted by molar-refractivity contribution is 0.0523. The van der Waals surface area contributed by atoms with Crippen molar-refractivity contribution in [3.05, 3.63) is 11.3 Å². The van der Waals surface area contributed by atoms with Crippen LogP contribution in [0.5, 0.6) is 0 Å². The molecule has 1 N–H and O–H groups in total. The minimum Gasteiger partial charge on any atom is -0.377 e. The highest BCUT2D eigenvalue weighted by Crippen LogP contribution is 2.27. The van der Waals surface area contributed by atoms with E-state index in [0.29, 0.717) is 6.10 Å². The molecular formula is C15H28N4O. The largest absolute Gasteiger partial charge is 0.377 e. The Morgan fingerprint density at radius 2 is 2.20 bits per heavy atom. The zero-order valence-electron chi connectivity index (χ0n) is 13.3. The summed E-state index contributed by atoms with van der Waals surface area (Å²) in [4.78, 5) is 2.44. The lowest BCUT2D eigenvalue weighted by atomic mass is 10.1. The predicted octanol–water partition coefficient (Wildman–Crippen LogP) is 1.84. The zero-order chi connectivity index (χ0) is 14.5. The van der Waals surface area contributed by atoms with Crippen molar-refractivity contribution in [3.63, 3.8) is 0 Å². The third-order valence-corrected chi connectivity index (χ3v) is 3.95. The standard InChI is InChI=1S/C15H28N4O/c1-5-16-10-14-12(3)17-18(4)15(14)19-9-7-8-13(11-19)20-6-2/h13,16H,5-11H2,1-4H3. The van der Waals surface area contributed by atoms with E-state index in [2.05, 4.69) is 36.1 Å². The molecule has 0 saturated carbocycles. The maximum absolute atomic E-state index is 5.82. The van der Waals surface area contributed by atoms with Crippen LogP contribution in [0.2, 0.25) is 0 Å². The highest BCUT2D eigenvalue weighted by atomic mass is 16.5. The van der Waals surface area contributed by atoms with Gasteiger partial charge in [0.25, 0.3) is 0 Å². The molecule has 0 amide bonds. The Balaban J connectivity index is 2.17. The van der Waals surface area contributed by atoms with E-state index in [1.165, 1.54) is 24.2 Å². The van der Waals surface area contributed by atoms with Crippen molar-refractivity contribution >= 4 is 5.82 Å². The Kier molecular flexibility index (Phi) is 5.43. The summed E-state index contributed by atoms with van der Waals surface area (Å²) in [5, 5.41) is 8.03. The molecule has 1 atom stereocenters. The molecule has 1 unspecified atom stereocenters. The van der Waals surface area contributed by atoms with E-state index in [1.54, 1.807) is 0 Å². The molecule has 1 aromatic heterocycles. The van der Waals surface area contributed by atoms with Crippen molar-refractivity contribution in [1.29, 1.82) is 0 Å². The number of aromatic nitrogens is 2. The van der Waals surface area contributed by atoms with E-state index >= 15 is 0 Å². The number of nitrogens with zero attached hydrogens (tertiary/aromatic N) is 3. The molecular weight excluding hydrogens is 252 g/mol. The van der Waals surface area contributed by atoms with Gasteiger partial charge in [-0.3, -0.25) is 4.68 Å². The number of piperidine rings is 1. The number of hydrogen-bond donors (Lipinski definition) is 1. The highest BCUT2D eigenvalue weighted by molar-refractivity contribution is 5.50. The number of rotatable bonds is 6. The van der Waals surface area contributed by atoms with Crippen LogP contribution in [0.1, 0.15) is 37.9 Å². The van der Waals surface area contributed by atoms with Crippen LogP contribution in [0.3, 0.4) is 0 Å². The summed E-state index contributed by atoms with van der Waals surface area (Å²) in [5.41, 5.74) is 2.45. The zero-order valence-corrected chi connectivity index (χ0v) is 13.3. The van der Waals surface area contributed by atoms with Crippen molar-refractivity contribution in [3.8, 4) is 0 Å². The minimum absolute atomic E-state index is 0.357. The Bertz CT molecular complexity index is 428. The molecule has 0 radical (unpaired) electrons. The van der Waals surface area contributed by atoms with E-state index in [0.717, 1.165) is 38.5 Å². The summed E-state index contributed by atoms with van der Waals surface area (Å²) in [6.07, 6.45) is 2.72. The van der Waals surface area contributed by atoms with Crippen LogP contribution in [0, 0.1) is 6.92 Å². The van der Waals surface area contributed by atoms with Crippen molar-refractivity contribution in [1.82, 2.24) is 15.1 Å². The first-order valence-electron chi connectivity index (χ1n) is 7.77. The van der Waals surface area contributed by atoms with Crippen LogP contribution in [-0.2, 0) is 18.3 Å². The molecule has 1 saturated heterocycles. The molecule has 114 valence electrons. The van der Waals surface area contributed by atoms with Gasteiger partial charge in [-0.2, -0.15) is 5.10 Å². The van der Waals surface area contributed by atoms with Gasteiger partial charge in [-0.15, -0.1) is 0 Å². The van der Waals surface area contributed by atoms with E-state index in [1.807, 2.05) is 11.7 Å². The molecule has 0 bridgehead atoms. The van der Waals surface area contributed by atoms with Gasteiger partial charge in [0, 0.05) is 38.9 Å². The van der Waals surface area contributed by atoms with Gasteiger partial charge in [0.05, 0.1) is 11.8 Å². The first-order chi connectivity index (χ1) is 9.67. The monoisotopic (exact) mass is 280 g/mol. The van der Waals surface area contributed by atoms with Crippen molar-refractivity contribution in [2.75, 3.05) is 31.1 Å². The van der Waals surface area contributed by atoms with Crippen molar-refractivity contribution < 1.29 is 4.74 Å². The summed E-state index contributed by atoms with van der Waals surface area (Å²) in [7, 11) is 2.04. The predicted molar refractivity (Wildman–Crippen MR) is 82.2 cm³/mol. The number of hydrogen-bond acceptors (Lipinski definition) is 4. The van der Waals surface area contributed by atoms with E-state index in [4.69, 9.17) is 4.74 Å². The molecule has 1 fully saturated rings. The van der Waals surface area contributed by atoms with Gasteiger partial charge in [-0.25, -0.2) is 0 Å². The first-order valence-corrected chi connectivity index (χ1v) is 7.77. The van der Waals surface area contributed by atoms with Gasteiger partial charge in [-0.05, 0) is 33.2 Å². The van der Waals surface area contributed by atoms with E-state index < -0.39 is 0 Å². The highest BCUT2D eigenvalue weighted by Gasteiger charge is 2.25. The van der Waals surface area contributed by atoms with E-state index in [-0.39, 0.29) is 0 Å². The number of nitrogens with one attached hydrogen (secondary N) is 1. The quantitative estimate of drug-likeness (QED) is 0.863. The lowest BCUT2D eigenvalue weighted by Crippen LogP contribution is -2.41. The smallest absolute Gasteiger partial charge is 0.131 e. The van der Waals surface area contributed by atoms with Crippen molar-refractivity contribution in [2.45, 2.75) is 46.3 Å². The van der Waals surface area contributed by atoms with E-state index in [9.17, 15) is 0 Å². The number of aryl methyl sites for hydroxylation is 2. The summed E-state index contributed by atoms with van der Waals surface area (Å²) < 4.78 is 7.84. The topological polar surface area (TPSA) is 42.3 Å². The van der Waals surface area contributed by atoms with Crippen LogP contribution >= 0.6 is 0 Å². The Morgan fingerprint density at radius 3 is 2.90 bits per heavy atom. The van der Waals surface area contributed by atoms with Crippen LogP contribution in [0.15, 0.2) is 0 Å². The average molecular weight is 280 g/mol. The second kappa shape index (κ2) is 7.09. The molecule has 5 nitrogen and oxygen atoms in total. The molecule has 2 rings (SSSR count). The third-order valence-electron chi connectivity index (χ3n) is 3.95. The van der Waals surface area contributed by atoms with Crippen LogP contribution in [0.25, 0.3) is 0 Å². The maximum atomic E-state index is 5.82. The normalized spacial score (nSPS) is 19.6. The Morgan fingerprint density at radius 1 is 1.40 bits per heavy atom. The molecule has 0 aromatic carbocycles. The summed E-state index contributed by atoms with van der Waals surface area (Å²) in [6, 6.07) is 0. The summed E-state index contributed by atoms with van der Waals surface area (Å²) in [6.45, 7) is 11.1. The number of anilines is 1. The minimum atomic E-state index is 0.357. The van der Waals surface area contributed by atoms with Crippen LogP contribution < -0.4 is 10.2 Å². The van der Waals surface area contributed by atoms with Crippen LogP contribution in [0.4, 0.5) is 5.82 Å². The average Bonchev–Trinajstić information content (AvgIpc) is 2.71. The van der Waals surface area contributed by atoms with Crippen LogP contribution in [-0.4, -0.2) is 42.1 Å². The fraction of sp³-hybridized carbons (Fsp3) is 0.800. The molecule has 0 spiro atoms. The second-order valence-corrected chi connectivity index (χ2v) is 5.46. The SMILES string of the molecule is CCNCc1c(C)nn(C)c1N1CCCC(OCC)C1. The second-order valence-electron chi connectivity index (χ2n) is 5.46.